The summed E-state index contributed by atoms with van der Waals surface area (Å²) in [5.41, 5.74) is 1.39. The Hall–Kier alpha value is -2.67. The smallest absolute Gasteiger partial charge is 0.347 e. The van der Waals surface area contributed by atoms with Gasteiger partial charge in [-0.05, 0) is 30.9 Å². The fourth-order valence-corrected chi connectivity index (χ4v) is 4.35. The first-order valence-electron chi connectivity index (χ1n) is 9.32. The second kappa shape index (κ2) is 7.63. The van der Waals surface area contributed by atoms with Gasteiger partial charge in [0, 0.05) is 16.9 Å². The van der Waals surface area contributed by atoms with Crippen molar-refractivity contribution in [3.8, 4) is 11.3 Å². The number of alkyl halides is 3. The summed E-state index contributed by atoms with van der Waals surface area (Å²) in [6, 6.07) is 14.9. The van der Waals surface area contributed by atoms with E-state index in [0.717, 1.165) is 22.3 Å². The Kier molecular flexibility index (Phi) is 5.17. The van der Waals surface area contributed by atoms with Crippen LogP contribution < -0.4 is 5.32 Å². The van der Waals surface area contributed by atoms with Gasteiger partial charge in [0.05, 0.1) is 17.3 Å². The number of hydrogen-bond donors (Lipinski definition) is 1. The lowest BCUT2D eigenvalue weighted by molar-refractivity contribution is -0.138. The zero-order valence-electron chi connectivity index (χ0n) is 15.6. The van der Waals surface area contributed by atoms with Crippen LogP contribution in [0.4, 0.5) is 13.2 Å². The molecule has 2 aromatic carbocycles. The maximum atomic E-state index is 13.2. The number of thiazole rings is 1. The lowest BCUT2D eigenvalue weighted by Gasteiger charge is -2.14. The number of rotatable bonds is 5. The van der Waals surface area contributed by atoms with Crippen LogP contribution in [0, 0.1) is 5.92 Å². The zero-order chi connectivity index (χ0) is 20.6. The van der Waals surface area contributed by atoms with Crippen LogP contribution in [0.25, 0.3) is 11.3 Å². The van der Waals surface area contributed by atoms with E-state index < -0.39 is 23.6 Å². The van der Waals surface area contributed by atoms with Crippen LogP contribution in [0.3, 0.4) is 0 Å². The number of hydrogen-bond acceptors (Lipinski definition) is 3. The minimum atomic E-state index is -4.41. The topological polar surface area (TPSA) is 42.0 Å². The minimum absolute atomic E-state index is 0.202. The highest BCUT2D eigenvalue weighted by molar-refractivity contribution is 7.10. The number of halogens is 3. The highest BCUT2D eigenvalue weighted by atomic mass is 32.1. The highest BCUT2D eigenvalue weighted by Crippen LogP contribution is 2.51. The van der Waals surface area contributed by atoms with E-state index in [1.165, 1.54) is 23.5 Å². The predicted octanol–water partition coefficient (Wildman–Crippen LogP) is 5.81. The minimum Gasteiger partial charge on any atom is -0.347 e. The first-order valence-corrected chi connectivity index (χ1v) is 10.2. The predicted molar refractivity (Wildman–Crippen MR) is 106 cm³/mol. The molecule has 1 aliphatic carbocycles. The highest BCUT2D eigenvalue weighted by Gasteiger charge is 2.48. The van der Waals surface area contributed by atoms with E-state index in [9.17, 15) is 18.0 Å². The van der Waals surface area contributed by atoms with Gasteiger partial charge in [0.15, 0.2) is 0 Å². The number of aromatic nitrogens is 1. The SMILES string of the molecule is CC(NC(=O)C1CC1c1ccccc1C(F)(F)F)c1nc(-c2ccccc2)cs1. The van der Waals surface area contributed by atoms with Gasteiger partial charge in [0.2, 0.25) is 5.91 Å². The standard InChI is InChI=1S/C22H19F3N2OS/c1-13(21-27-19(12-29-21)14-7-3-2-4-8-14)26-20(28)17-11-16(17)15-9-5-6-10-18(15)22(23,24)25/h2-10,12-13,16-17H,11H2,1H3,(H,26,28). The molecule has 150 valence electrons. The van der Waals surface area contributed by atoms with Crippen molar-refractivity contribution in [3.05, 3.63) is 76.1 Å². The number of carbonyl (C=O) groups is 1. The Morgan fingerprint density at radius 1 is 1.14 bits per heavy atom. The molecule has 3 unspecified atom stereocenters. The maximum Gasteiger partial charge on any atom is 0.416 e. The van der Waals surface area contributed by atoms with Crippen molar-refractivity contribution in [1.82, 2.24) is 10.3 Å². The fraction of sp³-hybridized carbons (Fsp3) is 0.273. The van der Waals surface area contributed by atoms with Crippen molar-refractivity contribution in [2.45, 2.75) is 31.5 Å². The number of carbonyl (C=O) groups excluding carboxylic acids is 1. The molecule has 1 heterocycles. The maximum absolute atomic E-state index is 13.2. The summed E-state index contributed by atoms with van der Waals surface area (Å²) in [6.45, 7) is 1.84. The van der Waals surface area contributed by atoms with E-state index in [-0.39, 0.29) is 17.5 Å². The molecular weight excluding hydrogens is 397 g/mol. The van der Waals surface area contributed by atoms with Crippen molar-refractivity contribution in [1.29, 1.82) is 0 Å². The van der Waals surface area contributed by atoms with E-state index in [1.807, 2.05) is 42.6 Å². The average molecular weight is 416 g/mol. The van der Waals surface area contributed by atoms with Crippen molar-refractivity contribution >= 4 is 17.2 Å². The summed E-state index contributed by atoms with van der Waals surface area (Å²) in [5, 5.41) is 5.61. The molecule has 0 bridgehead atoms. The molecular formula is C22H19F3N2OS. The molecule has 29 heavy (non-hydrogen) atoms. The van der Waals surface area contributed by atoms with Gasteiger partial charge in [-0.15, -0.1) is 11.3 Å². The Balaban J connectivity index is 1.42. The Morgan fingerprint density at radius 2 is 1.83 bits per heavy atom. The third kappa shape index (κ3) is 4.19. The van der Waals surface area contributed by atoms with Gasteiger partial charge in [-0.3, -0.25) is 4.79 Å². The second-order valence-electron chi connectivity index (χ2n) is 7.20. The molecule has 1 aromatic heterocycles. The summed E-state index contributed by atoms with van der Waals surface area (Å²) in [6.07, 6.45) is -3.99. The van der Waals surface area contributed by atoms with Crippen molar-refractivity contribution < 1.29 is 18.0 Å². The van der Waals surface area contributed by atoms with Crippen molar-refractivity contribution in [3.63, 3.8) is 0 Å². The van der Waals surface area contributed by atoms with E-state index in [2.05, 4.69) is 10.3 Å². The number of benzene rings is 2. The second-order valence-corrected chi connectivity index (χ2v) is 8.09. The molecule has 1 N–H and O–H groups in total. The van der Waals surface area contributed by atoms with Crippen LogP contribution in [-0.2, 0) is 11.0 Å². The lowest BCUT2D eigenvalue weighted by atomic mass is 10.0. The van der Waals surface area contributed by atoms with Crippen molar-refractivity contribution in [2.75, 3.05) is 0 Å². The molecule has 0 radical (unpaired) electrons. The van der Waals surface area contributed by atoms with Gasteiger partial charge >= 0.3 is 6.18 Å². The summed E-state index contributed by atoms with van der Waals surface area (Å²) in [5.74, 6) is -1.05. The van der Waals surface area contributed by atoms with E-state index >= 15 is 0 Å². The molecule has 7 heteroatoms. The first-order chi connectivity index (χ1) is 13.8. The molecule has 1 amide bonds. The normalized spacial score (nSPS) is 19.6. The summed E-state index contributed by atoms with van der Waals surface area (Å²) in [4.78, 5) is 17.2. The average Bonchev–Trinajstić information content (AvgIpc) is 3.35. The third-order valence-electron chi connectivity index (χ3n) is 5.11. The molecule has 4 rings (SSSR count). The summed E-state index contributed by atoms with van der Waals surface area (Å²) >= 11 is 1.45. The van der Waals surface area contributed by atoms with Crippen molar-refractivity contribution in [2.24, 2.45) is 5.92 Å². The number of nitrogens with zero attached hydrogens (tertiary/aromatic N) is 1. The molecule has 0 spiro atoms. The van der Waals surface area contributed by atoms with Crippen LogP contribution in [-0.4, -0.2) is 10.9 Å². The Labute approximate surface area is 170 Å². The van der Waals surface area contributed by atoms with Crippen LogP contribution >= 0.6 is 11.3 Å². The van der Waals surface area contributed by atoms with Gasteiger partial charge < -0.3 is 5.32 Å². The van der Waals surface area contributed by atoms with Gasteiger partial charge in [-0.2, -0.15) is 13.2 Å². The van der Waals surface area contributed by atoms with Gasteiger partial charge in [-0.25, -0.2) is 4.98 Å². The Bertz CT molecular complexity index is 1020. The molecule has 1 aliphatic rings. The quantitative estimate of drug-likeness (QED) is 0.570. The first kappa shape index (κ1) is 19.6. The van der Waals surface area contributed by atoms with Gasteiger partial charge in [-0.1, -0.05) is 48.5 Å². The Morgan fingerprint density at radius 3 is 2.55 bits per heavy atom. The van der Waals surface area contributed by atoms with E-state index in [0.29, 0.717) is 6.42 Å². The van der Waals surface area contributed by atoms with E-state index in [1.54, 1.807) is 6.07 Å². The number of nitrogens with one attached hydrogen (secondary N) is 1. The molecule has 3 aromatic rings. The van der Waals surface area contributed by atoms with Crippen LogP contribution in [0.1, 0.15) is 41.4 Å². The summed E-state index contributed by atoms with van der Waals surface area (Å²) < 4.78 is 39.7. The van der Waals surface area contributed by atoms with Crippen LogP contribution in [0.2, 0.25) is 0 Å². The monoisotopic (exact) mass is 416 g/mol. The van der Waals surface area contributed by atoms with Gasteiger partial charge in [0.25, 0.3) is 0 Å². The lowest BCUT2D eigenvalue weighted by Crippen LogP contribution is -2.28. The third-order valence-corrected chi connectivity index (χ3v) is 6.14. The van der Waals surface area contributed by atoms with Crippen LogP contribution in [0.5, 0.6) is 0 Å². The number of amides is 1. The molecule has 3 nitrogen and oxygen atoms in total. The van der Waals surface area contributed by atoms with Crippen LogP contribution in [0.15, 0.2) is 60.0 Å². The molecule has 0 aliphatic heterocycles. The molecule has 1 saturated carbocycles. The largest absolute Gasteiger partial charge is 0.416 e. The summed E-state index contributed by atoms with van der Waals surface area (Å²) in [7, 11) is 0. The zero-order valence-corrected chi connectivity index (χ0v) is 16.4. The van der Waals surface area contributed by atoms with E-state index in [4.69, 9.17) is 0 Å². The molecule has 1 fully saturated rings. The fourth-order valence-electron chi connectivity index (χ4n) is 3.52. The molecule has 0 saturated heterocycles. The molecule has 3 atom stereocenters. The van der Waals surface area contributed by atoms with Gasteiger partial charge in [0.1, 0.15) is 5.01 Å².